The van der Waals surface area contributed by atoms with Crippen molar-refractivity contribution in [2.75, 3.05) is 0 Å². The first-order valence-corrected chi connectivity index (χ1v) is 5.35. The Morgan fingerprint density at radius 1 is 1.00 bits per heavy atom. The molecule has 1 heteroatoms. The Kier molecular flexibility index (Phi) is 2.16. The van der Waals surface area contributed by atoms with E-state index in [1.54, 1.807) is 0 Å². The molecular weight excluding hydrogens is 148 g/mol. The van der Waals surface area contributed by atoms with Crippen LogP contribution in [-0.4, -0.2) is 11.2 Å². The lowest BCUT2D eigenvalue weighted by Gasteiger charge is -2.15. The molecule has 2 aliphatic carbocycles. The molecule has 1 nitrogen and oxygen atoms in total. The second-order valence-corrected chi connectivity index (χ2v) is 5.12. The van der Waals surface area contributed by atoms with Crippen molar-refractivity contribution in [1.29, 1.82) is 0 Å². The van der Waals surface area contributed by atoms with Crippen molar-refractivity contribution >= 4 is 0 Å². The van der Waals surface area contributed by atoms with Gasteiger partial charge in [0.2, 0.25) is 0 Å². The van der Waals surface area contributed by atoms with Gasteiger partial charge in [0.25, 0.3) is 0 Å². The molecule has 2 unspecified atom stereocenters. The van der Waals surface area contributed by atoms with Crippen molar-refractivity contribution in [3.8, 4) is 0 Å². The molecule has 0 spiro atoms. The predicted molar refractivity (Wildman–Crippen MR) is 49.8 cm³/mol. The highest BCUT2D eigenvalue weighted by molar-refractivity contribution is 4.92. The average molecular weight is 168 g/mol. The molecule has 0 aromatic rings. The van der Waals surface area contributed by atoms with Gasteiger partial charge < -0.3 is 5.11 Å². The maximum Gasteiger partial charge on any atom is 0.0545 e. The Morgan fingerprint density at radius 2 is 1.50 bits per heavy atom. The summed E-state index contributed by atoms with van der Waals surface area (Å²) in [6, 6.07) is 0. The molecule has 0 aliphatic heterocycles. The first-order chi connectivity index (χ1) is 5.66. The molecule has 0 saturated heterocycles. The van der Waals surface area contributed by atoms with E-state index in [2.05, 4.69) is 13.8 Å². The number of hydrogen-bond acceptors (Lipinski definition) is 1. The van der Waals surface area contributed by atoms with Gasteiger partial charge in [0.1, 0.15) is 0 Å². The molecule has 0 aromatic heterocycles. The van der Waals surface area contributed by atoms with Crippen molar-refractivity contribution in [1.82, 2.24) is 0 Å². The summed E-state index contributed by atoms with van der Waals surface area (Å²) in [6.45, 7) is 4.67. The number of rotatable bonds is 1. The highest BCUT2D eigenvalue weighted by Gasteiger charge is 2.41. The quantitative estimate of drug-likeness (QED) is 0.637. The first kappa shape index (κ1) is 8.55. The number of aliphatic hydroxyl groups excluding tert-OH is 1. The van der Waals surface area contributed by atoms with Crippen LogP contribution in [-0.2, 0) is 0 Å². The molecule has 2 saturated carbocycles. The van der Waals surface area contributed by atoms with Gasteiger partial charge in [-0.1, -0.05) is 13.8 Å². The molecule has 1 N–H and O–H groups in total. The standard InChI is InChI=1S/C11H20O/c1-7(2)8-3-9-5-11(12)6-10(9)4-8/h7-12H,3-6H2,1-2H3/t8?,9-,10+,11?. The Morgan fingerprint density at radius 3 is 1.92 bits per heavy atom. The van der Waals surface area contributed by atoms with Crippen molar-refractivity contribution in [3.05, 3.63) is 0 Å². The molecule has 2 rings (SSSR count). The second-order valence-electron chi connectivity index (χ2n) is 5.12. The minimum absolute atomic E-state index is 0.0353. The van der Waals surface area contributed by atoms with E-state index in [9.17, 15) is 5.11 Å². The van der Waals surface area contributed by atoms with Crippen LogP contribution in [0.5, 0.6) is 0 Å². The van der Waals surface area contributed by atoms with Crippen LogP contribution in [0.25, 0.3) is 0 Å². The summed E-state index contributed by atoms with van der Waals surface area (Å²) in [5, 5.41) is 9.46. The summed E-state index contributed by atoms with van der Waals surface area (Å²) in [5.41, 5.74) is 0. The molecule has 4 atom stereocenters. The zero-order chi connectivity index (χ0) is 8.72. The van der Waals surface area contributed by atoms with Crippen LogP contribution in [0.3, 0.4) is 0 Å². The van der Waals surface area contributed by atoms with Crippen molar-refractivity contribution < 1.29 is 5.11 Å². The van der Waals surface area contributed by atoms with E-state index in [1.165, 1.54) is 12.8 Å². The van der Waals surface area contributed by atoms with Crippen LogP contribution in [0.4, 0.5) is 0 Å². The average Bonchev–Trinajstić information content (AvgIpc) is 2.42. The van der Waals surface area contributed by atoms with E-state index < -0.39 is 0 Å². The van der Waals surface area contributed by atoms with Gasteiger partial charge in [-0.25, -0.2) is 0 Å². The molecule has 12 heavy (non-hydrogen) atoms. The molecular formula is C11H20O. The van der Waals surface area contributed by atoms with Gasteiger partial charge in [-0.3, -0.25) is 0 Å². The van der Waals surface area contributed by atoms with E-state index in [0.29, 0.717) is 0 Å². The SMILES string of the molecule is CC(C)C1C[C@H]2CC(O)C[C@H]2C1. The van der Waals surface area contributed by atoms with Gasteiger partial charge in [0.15, 0.2) is 0 Å². The fourth-order valence-corrected chi connectivity index (χ4v) is 3.18. The van der Waals surface area contributed by atoms with Crippen molar-refractivity contribution in [2.45, 2.75) is 45.6 Å². The molecule has 2 aliphatic rings. The third-order valence-electron chi connectivity index (χ3n) is 3.97. The van der Waals surface area contributed by atoms with Gasteiger partial charge in [-0.05, 0) is 49.4 Å². The third-order valence-corrected chi connectivity index (χ3v) is 3.97. The van der Waals surface area contributed by atoms with Crippen LogP contribution >= 0.6 is 0 Å². The van der Waals surface area contributed by atoms with Crippen LogP contribution in [0.1, 0.15) is 39.5 Å². The molecule has 0 amide bonds. The number of aliphatic hydroxyl groups is 1. The van der Waals surface area contributed by atoms with Gasteiger partial charge in [-0.2, -0.15) is 0 Å². The van der Waals surface area contributed by atoms with Crippen molar-refractivity contribution in [3.63, 3.8) is 0 Å². The van der Waals surface area contributed by atoms with Gasteiger partial charge >= 0.3 is 0 Å². The largest absolute Gasteiger partial charge is 0.393 e. The Hall–Kier alpha value is -0.0400. The van der Waals surface area contributed by atoms with E-state index in [-0.39, 0.29) is 6.10 Å². The van der Waals surface area contributed by atoms with E-state index in [1.807, 2.05) is 0 Å². The third kappa shape index (κ3) is 1.39. The van der Waals surface area contributed by atoms with Crippen LogP contribution in [0.15, 0.2) is 0 Å². The molecule has 0 bridgehead atoms. The van der Waals surface area contributed by atoms with E-state index in [0.717, 1.165) is 36.5 Å². The Labute approximate surface area is 75.2 Å². The normalized spacial score (nSPS) is 47.0. The predicted octanol–water partition coefficient (Wildman–Crippen LogP) is 2.44. The van der Waals surface area contributed by atoms with E-state index in [4.69, 9.17) is 0 Å². The number of hydrogen-bond donors (Lipinski definition) is 1. The highest BCUT2D eigenvalue weighted by Crippen LogP contribution is 2.48. The highest BCUT2D eigenvalue weighted by atomic mass is 16.3. The lowest BCUT2D eigenvalue weighted by molar-refractivity contribution is 0.166. The first-order valence-electron chi connectivity index (χ1n) is 5.35. The summed E-state index contributed by atoms with van der Waals surface area (Å²) in [7, 11) is 0. The van der Waals surface area contributed by atoms with Gasteiger partial charge in [0.05, 0.1) is 6.10 Å². The summed E-state index contributed by atoms with van der Waals surface area (Å²) < 4.78 is 0. The molecule has 70 valence electrons. The van der Waals surface area contributed by atoms with Crippen molar-refractivity contribution in [2.24, 2.45) is 23.7 Å². The zero-order valence-electron chi connectivity index (χ0n) is 8.16. The second kappa shape index (κ2) is 3.02. The van der Waals surface area contributed by atoms with Gasteiger partial charge in [0, 0.05) is 0 Å². The Balaban J connectivity index is 1.93. The van der Waals surface area contributed by atoms with Crippen LogP contribution in [0, 0.1) is 23.7 Å². The lowest BCUT2D eigenvalue weighted by atomic mass is 9.91. The smallest absolute Gasteiger partial charge is 0.0545 e. The summed E-state index contributed by atoms with van der Waals surface area (Å²) >= 11 is 0. The fourth-order valence-electron chi connectivity index (χ4n) is 3.18. The fraction of sp³-hybridized carbons (Fsp3) is 1.00. The van der Waals surface area contributed by atoms with E-state index >= 15 is 0 Å². The molecule has 2 fully saturated rings. The van der Waals surface area contributed by atoms with Gasteiger partial charge in [-0.15, -0.1) is 0 Å². The lowest BCUT2D eigenvalue weighted by Crippen LogP contribution is -2.08. The minimum Gasteiger partial charge on any atom is -0.393 e. The van der Waals surface area contributed by atoms with Crippen LogP contribution < -0.4 is 0 Å². The minimum atomic E-state index is 0.0353. The summed E-state index contributed by atoms with van der Waals surface area (Å²) in [6.07, 6.45) is 4.99. The molecule has 0 aromatic carbocycles. The summed E-state index contributed by atoms with van der Waals surface area (Å²) in [4.78, 5) is 0. The Bertz CT molecular complexity index is 150. The maximum absolute atomic E-state index is 9.46. The number of fused-ring (bicyclic) bond motifs is 1. The molecule has 0 radical (unpaired) electrons. The monoisotopic (exact) mass is 168 g/mol. The zero-order valence-corrected chi connectivity index (χ0v) is 8.16. The maximum atomic E-state index is 9.46. The molecule has 0 heterocycles. The summed E-state index contributed by atoms with van der Waals surface area (Å²) in [5.74, 6) is 3.54. The van der Waals surface area contributed by atoms with Crippen LogP contribution in [0.2, 0.25) is 0 Å². The topological polar surface area (TPSA) is 20.2 Å².